The number of carboxylic acid groups (broad SMARTS) is 1. The van der Waals surface area contributed by atoms with Gasteiger partial charge >= 0.3 is 0 Å². The van der Waals surface area contributed by atoms with E-state index in [1.807, 2.05) is 36.4 Å². The maximum Gasteiger partial charge on any atom is 0.300 e. The third kappa shape index (κ3) is 5.16. The molecule has 0 heterocycles. The van der Waals surface area contributed by atoms with Crippen LogP contribution in [-0.4, -0.2) is 16.2 Å². The van der Waals surface area contributed by atoms with E-state index in [4.69, 9.17) is 9.90 Å². The van der Waals surface area contributed by atoms with Gasteiger partial charge in [-0.05, 0) is 17.2 Å². The number of phenols is 1. The van der Waals surface area contributed by atoms with Gasteiger partial charge < -0.3 is 10.2 Å². The van der Waals surface area contributed by atoms with Gasteiger partial charge in [0.25, 0.3) is 5.97 Å². The average molecular weight is 244 g/mol. The molecule has 0 radical (unpaired) electrons. The van der Waals surface area contributed by atoms with Crippen LogP contribution in [0.4, 0.5) is 0 Å². The SMILES string of the molecule is CC(=O)O.Oc1ccccc1Cc1ccccc1. The number of carboxylic acids is 1. The molecule has 3 heteroatoms. The molecule has 2 N–H and O–H groups in total. The summed E-state index contributed by atoms with van der Waals surface area (Å²) in [6, 6.07) is 17.6. The Morgan fingerprint density at radius 2 is 1.50 bits per heavy atom. The molecule has 0 spiro atoms. The van der Waals surface area contributed by atoms with Crippen molar-refractivity contribution in [3.63, 3.8) is 0 Å². The molecule has 0 fully saturated rings. The molecule has 0 aliphatic rings. The summed E-state index contributed by atoms with van der Waals surface area (Å²) < 4.78 is 0. The number of rotatable bonds is 2. The maximum absolute atomic E-state index is 9.57. The number of para-hydroxylation sites is 1. The summed E-state index contributed by atoms with van der Waals surface area (Å²) in [4.78, 5) is 9.00. The molecule has 0 bridgehead atoms. The van der Waals surface area contributed by atoms with Crippen molar-refractivity contribution in [3.05, 3.63) is 65.7 Å². The van der Waals surface area contributed by atoms with Crippen LogP contribution in [0.15, 0.2) is 54.6 Å². The second kappa shape index (κ2) is 7.12. The van der Waals surface area contributed by atoms with Crippen molar-refractivity contribution in [2.45, 2.75) is 13.3 Å². The third-order valence-corrected chi connectivity index (χ3v) is 2.23. The van der Waals surface area contributed by atoms with E-state index in [1.54, 1.807) is 6.07 Å². The molecule has 0 amide bonds. The first-order chi connectivity index (χ1) is 8.59. The van der Waals surface area contributed by atoms with Crippen LogP contribution in [0, 0.1) is 0 Å². The number of aromatic hydroxyl groups is 1. The lowest BCUT2D eigenvalue weighted by molar-refractivity contribution is -0.134. The van der Waals surface area contributed by atoms with Crippen molar-refractivity contribution in [2.75, 3.05) is 0 Å². The van der Waals surface area contributed by atoms with E-state index in [1.165, 1.54) is 5.56 Å². The zero-order valence-corrected chi connectivity index (χ0v) is 10.2. The predicted molar refractivity (Wildman–Crippen MR) is 70.7 cm³/mol. The van der Waals surface area contributed by atoms with Gasteiger partial charge in [-0.15, -0.1) is 0 Å². The Kier molecular flexibility index (Phi) is 5.45. The van der Waals surface area contributed by atoms with Crippen molar-refractivity contribution in [3.8, 4) is 5.75 Å². The van der Waals surface area contributed by atoms with Crippen molar-refractivity contribution in [2.24, 2.45) is 0 Å². The zero-order chi connectivity index (χ0) is 13.4. The molecule has 0 saturated carbocycles. The minimum atomic E-state index is -0.833. The molecule has 18 heavy (non-hydrogen) atoms. The molecular weight excluding hydrogens is 228 g/mol. The van der Waals surface area contributed by atoms with E-state index in [9.17, 15) is 5.11 Å². The van der Waals surface area contributed by atoms with E-state index in [2.05, 4.69) is 12.1 Å². The lowest BCUT2D eigenvalue weighted by Crippen LogP contribution is -1.87. The zero-order valence-electron chi connectivity index (χ0n) is 10.2. The summed E-state index contributed by atoms with van der Waals surface area (Å²) in [7, 11) is 0. The maximum atomic E-state index is 9.57. The second-order valence-corrected chi connectivity index (χ2v) is 3.81. The van der Waals surface area contributed by atoms with Crippen molar-refractivity contribution >= 4 is 5.97 Å². The molecule has 94 valence electrons. The largest absolute Gasteiger partial charge is 0.508 e. The van der Waals surface area contributed by atoms with E-state index >= 15 is 0 Å². The number of hydrogen-bond donors (Lipinski definition) is 2. The molecule has 0 atom stereocenters. The van der Waals surface area contributed by atoms with Crippen LogP contribution in [0.5, 0.6) is 5.75 Å². The first-order valence-corrected chi connectivity index (χ1v) is 5.60. The molecular formula is C15H16O3. The fourth-order valence-corrected chi connectivity index (χ4v) is 1.48. The molecule has 2 aromatic rings. The van der Waals surface area contributed by atoms with E-state index in [0.717, 1.165) is 18.9 Å². The van der Waals surface area contributed by atoms with E-state index in [0.29, 0.717) is 5.75 Å². The number of benzene rings is 2. The normalized spacial score (nSPS) is 9.17. The average Bonchev–Trinajstić information content (AvgIpc) is 2.33. The summed E-state index contributed by atoms with van der Waals surface area (Å²) in [6.45, 7) is 1.08. The molecule has 0 saturated heterocycles. The van der Waals surface area contributed by atoms with Crippen molar-refractivity contribution in [1.82, 2.24) is 0 Å². The Hall–Kier alpha value is -2.29. The topological polar surface area (TPSA) is 57.5 Å². The van der Waals surface area contributed by atoms with Crippen LogP contribution in [0.3, 0.4) is 0 Å². The Bertz CT molecular complexity index is 488. The minimum Gasteiger partial charge on any atom is -0.508 e. The molecule has 0 aliphatic heterocycles. The van der Waals surface area contributed by atoms with Gasteiger partial charge in [0.05, 0.1) is 0 Å². The van der Waals surface area contributed by atoms with E-state index in [-0.39, 0.29) is 0 Å². The molecule has 0 unspecified atom stereocenters. The van der Waals surface area contributed by atoms with Crippen LogP contribution >= 0.6 is 0 Å². The standard InChI is InChI=1S/C13H12O.C2H4O2/c14-13-9-5-4-8-12(13)10-11-6-2-1-3-7-11;1-2(3)4/h1-9,14H,10H2;1H3,(H,3,4). The quantitative estimate of drug-likeness (QED) is 0.853. The van der Waals surface area contributed by atoms with Gasteiger partial charge in [0, 0.05) is 13.3 Å². The molecule has 2 rings (SSSR count). The Labute approximate surface area is 106 Å². The summed E-state index contributed by atoms with van der Waals surface area (Å²) >= 11 is 0. The fourth-order valence-electron chi connectivity index (χ4n) is 1.48. The smallest absolute Gasteiger partial charge is 0.300 e. The highest BCUT2D eigenvalue weighted by Gasteiger charge is 1.99. The van der Waals surface area contributed by atoms with Crippen LogP contribution in [0.25, 0.3) is 0 Å². The highest BCUT2D eigenvalue weighted by atomic mass is 16.4. The van der Waals surface area contributed by atoms with Gasteiger partial charge in [0.2, 0.25) is 0 Å². The minimum absolute atomic E-state index is 0.372. The Balaban J connectivity index is 0.000000357. The highest BCUT2D eigenvalue weighted by molar-refractivity contribution is 5.62. The Morgan fingerprint density at radius 3 is 2.06 bits per heavy atom. The van der Waals surface area contributed by atoms with E-state index < -0.39 is 5.97 Å². The van der Waals surface area contributed by atoms with Crippen LogP contribution in [-0.2, 0) is 11.2 Å². The van der Waals surface area contributed by atoms with Gasteiger partial charge in [-0.3, -0.25) is 4.79 Å². The lowest BCUT2D eigenvalue weighted by Gasteiger charge is -2.03. The molecule has 0 aromatic heterocycles. The third-order valence-electron chi connectivity index (χ3n) is 2.23. The van der Waals surface area contributed by atoms with Gasteiger partial charge in [-0.1, -0.05) is 48.5 Å². The van der Waals surface area contributed by atoms with Crippen LogP contribution < -0.4 is 0 Å². The molecule has 2 aromatic carbocycles. The highest BCUT2D eigenvalue weighted by Crippen LogP contribution is 2.19. The number of hydrogen-bond acceptors (Lipinski definition) is 2. The predicted octanol–water partition coefficient (Wildman–Crippen LogP) is 3.07. The first-order valence-electron chi connectivity index (χ1n) is 5.60. The molecule has 3 nitrogen and oxygen atoms in total. The van der Waals surface area contributed by atoms with Crippen LogP contribution in [0.2, 0.25) is 0 Å². The lowest BCUT2D eigenvalue weighted by atomic mass is 10.0. The summed E-state index contributed by atoms with van der Waals surface area (Å²) in [5.74, 6) is -0.462. The van der Waals surface area contributed by atoms with Crippen molar-refractivity contribution < 1.29 is 15.0 Å². The van der Waals surface area contributed by atoms with Crippen LogP contribution in [0.1, 0.15) is 18.1 Å². The fraction of sp³-hybridized carbons (Fsp3) is 0.133. The monoisotopic (exact) mass is 244 g/mol. The molecule has 0 aliphatic carbocycles. The van der Waals surface area contributed by atoms with Gasteiger partial charge in [0.15, 0.2) is 0 Å². The van der Waals surface area contributed by atoms with Gasteiger partial charge in [-0.25, -0.2) is 0 Å². The summed E-state index contributed by atoms with van der Waals surface area (Å²) in [5, 5.41) is 17.0. The first kappa shape index (κ1) is 13.8. The number of phenolic OH excluding ortho intramolecular Hbond substituents is 1. The van der Waals surface area contributed by atoms with Gasteiger partial charge in [-0.2, -0.15) is 0 Å². The number of aliphatic carboxylic acids is 1. The number of carbonyl (C=O) groups is 1. The van der Waals surface area contributed by atoms with Crippen molar-refractivity contribution in [1.29, 1.82) is 0 Å². The Morgan fingerprint density at radius 1 is 1.00 bits per heavy atom. The summed E-state index contributed by atoms with van der Waals surface area (Å²) in [6.07, 6.45) is 0.785. The summed E-state index contributed by atoms with van der Waals surface area (Å²) in [5.41, 5.74) is 2.19. The second-order valence-electron chi connectivity index (χ2n) is 3.81. The van der Waals surface area contributed by atoms with Gasteiger partial charge in [0.1, 0.15) is 5.75 Å².